The van der Waals surface area contributed by atoms with E-state index in [1.165, 1.54) is 70.8 Å². The van der Waals surface area contributed by atoms with Gasteiger partial charge in [-0.1, -0.05) is 64.7 Å². The van der Waals surface area contributed by atoms with Gasteiger partial charge in [-0.25, -0.2) is 0 Å². The minimum absolute atomic E-state index is 0. The predicted octanol–water partition coefficient (Wildman–Crippen LogP) is 4.63. The molecule has 0 bridgehead atoms. The summed E-state index contributed by atoms with van der Waals surface area (Å²) < 4.78 is 0. The van der Waals surface area contributed by atoms with Gasteiger partial charge in [0, 0.05) is 0 Å². The minimum atomic E-state index is 0. The molecule has 0 aliphatic rings. The monoisotopic (exact) mass is 230 g/mol. The summed E-state index contributed by atoms with van der Waals surface area (Å²) in [6.07, 6.45) is 14.4. The van der Waals surface area contributed by atoms with Crippen molar-refractivity contribution in [1.29, 1.82) is 0 Å². The molecule has 100 valence electrons. The highest BCUT2D eigenvalue weighted by atomic mass is 15.0. The van der Waals surface area contributed by atoms with Crippen molar-refractivity contribution in [3.05, 3.63) is 0 Å². The zero-order chi connectivity index (χ0) is 11.4. The summed E-state index contributed by atoms with van der Waals surface area (Å²) in [4.78, 5) is 2.28. The van der Waals surface area contributed by atoms with Crippen LogP contribution in [0.25, 0.3) is 0 Å². The molecule has 0 aliphatic heterocycles. The Kier molecular flexibility index (Phi) is 17.1. The van der Waals surface area contributed by atoms with E-state index in [9.17, 15) is 0 Å². The Hall–Kier alpha value is -0.0800. The van der Waals surface area contributed by atoms with Crippen LogP contribution in [-0.4, -0.2) is 25.5 Å². The smallest absolute Gasteiger partial charge is 0.00248 e. The molecule has 0 aliphatic carbocycles. The molecule has 0 rings (SSSR count). The maximum atomic E-state index is 2.28. The van der Waals surface area contributed by atoms with Crippen LogP contribution in [0.3, 0.4) is 0 Å². The van der Waals surface area contributed by atoms with Gasteiger partial charge in [0.05, 0.1) is 0 Å². The molecular formula is C14H34N2. The summed E-state index contributed by atoms with van der Waals surface area (Å²) in [5.74, 6) is 0. The van der Waals surface area contributed by atoms with Gasteiger partial charge in [0.1, 0.15) is 0 Å². The Morgan fingerprint density at radius 3 is 1.38 bits per heavy atom. The second-order valence-corrected chi connectivity index (χ2v) is 4.99. The number of rotatable bonds is 11. The molecular weight excluding hydrogens is 196 g/mol. The van der Waals surface area contributed by atoms with Crippen molar-refractivity contribution in [3.8, 4) is 0 Å². The van der Waals surface area contributed by atoms with Crippen LogP contribution in [-0.2, 0) is 0 Å². The van der Waals surface area contributed by atoms with E-state index in [4.69, 9.17) is 0 Å². The summed E-state index contributed by atoms with van der Waals surface area (Å²) in [5, 5.41) is 0. The molecule has 2 heteroatoms. The molecule has 0 fully saturated rings. The van der Waals surface area contributed by atoms with Crippen molar-refractivity contribution in [1.82, 2.24) is 11.1 Å². The first-order chi connectivity index (χ1) is 7.27. The zero-order valence-electron chi connectivity index (χ0n) is 11.9. The third kappa shape index (κ3) is 16.4. The largest absolute Gasteiger partial charge is 0.344 e. The number of hydrogen-bond acceptors (Lipinski definition) is 2. The molecule has 0 radical (unpaired) electrons. The summed E-state index contributed by atoms with van der Waals surface area (Å²) in [7, 11) is 4.32. The van der Waals surface area contributed by atoms with Crippen LogP contribution in [0.15, 0.2) is 0 Å². The molecule has 0 spiro atoms. The summed E-state index contributed by atoms with van der Waals surface area (Å²) in [5.41, 5.74) is 0. The Morgan fingerprint density at radius 2 is 1.00 bits per heavy atom. The average molecular weight is 230 g/mol. The predicted molar refractivity (Wildman–Crippen MR) is 75.4 cm³/mol. The standard InChI is InChI=1S/C14H31N.H3N/c1-4-5-6-7-8-9-10-11-12-13-14-15(2)3;/h4-14H2,1-3H3;1H3. The van der Waals surface area contributed by atoms with Crippen molar-refractivity contribution in [2.24, 2.45) is 0 Å². The fourth-order valence-corrected chi connectivity index (χ4v) is 1.92. The molecule has 0 aromatic heterocycles. The molecule has 3 N–H and O–H groups in total. The van der Waals surface area contributed by atoms with Crippen molar-refractivity contribution < 1.29 is 0 Å². The molecule has 2 nitrogen and oxygen atoms in total. The van der Waals surface area contributed by atoms with Gasteiger partial charge in [-0.05, 0) is 27.1 Å². The highest BCUT2D eigenvalue weighted by Crippen LogP contribution is 2.10. The van der Waals surface area contributed by atoms with Gasteiger partial charge in [0.15, 0.2) is 0 Å². The first kappa shape index (κ1) is 18.3. The van der Waals surface area contributed by atoms with E-state index >= 15 is 0 Å². The molecule has 0 heterocycles. The molecule has 0 saturated heterocycles. The van der Waals surface area contributed by atoms with Gasteiger partial charge in [0.25, 0.3) is 0 Å². The van der Waals surface area contributed by atoms with Gasteiger partial charge in [-0.2, -0.15) is 0 Å². The fourth-order valence-electron chi connectivity index (χ4n) is 1.92. The third-order valence-electron chi connectivity index (χ3n) is 2.96. The Morgan fingerprint density at radius 1 is 0.625 bits per heavy atom. The number of hydrogen-bond donors (Lipinski definition) is 1. The molecule has 0 unspecified atom stereocenters. The van der Waals surface area contributed by atoms with Gasteiger partial charge >= 0.3 is 0 Å². The van der Waals surface area contributed by atoms with E-state index in [0.717, 1.165) is 0 Å². The third-order valence-corrected chi connectivity index (χ3v) is 2.96. The summed E-state index contributed by atoms with van der Waals surface area (Å²) in [6.45, 7) is 3.54. The lowest BCUT2D eigenvalue weighted by molar-refractivity contribution is 0.389. The van der Waals surface area contributed by atoms with Crippen LogP contribution >= 0.6 is 0 Å². The lowest BCUT2D eigenvalue weighted by atomic mass is 10.1. The highest BCUT2D eigenvalue weighted by molar-refractivity contribution is 4.49. The molecule has 0 atom stereocenters. The van der Waals surface area contributed by atoms with Gasteiger partial charge in [-0.15, -0.1) is 0 Å². The first-order valence-corrected chi connectivity index (χ1v) is 6.92. The molecule has 0 aromatic carbocycles. The van der Waals surface area contributed by atoms with Crippen molar-refractivity contribution in [3.63, 3.8) is 0 Å². The SMILES string of the molecule is CCCCCCCCCCCCN(C)C.N. The van der Waals surface area contributed by atoms with Crippen LogP contribution in [0.4, 0.5) is 0 Å². The van der Waals surface area contributed by atoms with Crippen molar-refractivity contribution in [2.75, 3.05) is 20.6 Å². The first-order valence-electron chi connectivity index (χ1n) is 6.92. The quantitative estimate of drug-likeness (QED) is 0.525. The van der Waals surface area contributed by atoms with E-state index in [0.29, 0.717) is 0 Å². The average Bonchev–Trinajstić information content (AvgIpc) is 2.20. The van der Waals surface area contributed by atoms with E-state index in [1.54, 1.807) is 0 Å². The highest BCUT2D eigenvalue weighted by Gasteiger charge is 1.93. The van der Waals surface area contributed by atoms with Gasteiger partial charge in [0.2, 0.25) is 0 Å². The lowest BCUT2D eigenvalue weighted by Crippen LogP contribution is -2.12. The Bertz CT molecular complexity index is 113. The second kappa shape index (κ2) is 14.9. The molecule has 0 amide bonds. The Labute approximate surface area is 103 Å². The maximum absolute atomic E-state index is 2.28. The van der Waals surface area contributed by atoms with E-state index < -0.39 is 0 Å². The maximum Gasteiger partial charge on any atom is -0.00248 e. The van der Waals surface area contributed by atoms with Crippen molar-refractivity contribution in [2.45, 2.75) is 71.1 Å². The van der Waals surface area contributed by atoms with Crippen LogP contribution in [0, 0.1) is 0 Å². The number of nitrogens with zero attached hydrogens (tertiary/aromatic N) is 1. The van der Waals surface area contributed by atoms with Crippen LogP contribution in [0.1, 0.15) is 71.1 Å². The Balaban J connectivity index is 0. The van der Waals surface area contributed by atoms with E-state index in [2.05, 4.69) is 25.9 Å². The topological polar surface area (TPSA) is 38.2 Å². The van der Waals surface area contributed by atoms with Crippen LogP contribution in [0.5, 0.6) is 0 Å². The second-order valence-electron chi connectivity index (χ2n) is 4.99. The number of unbranched alkanes of at least 4 members (excludes halogenated alkanes) is 9. The molecule has 0 saturated carbocycles. The van der Waals surface area contributed by atoms with Crippen LogP contribution in [0.2, 0.25) is 0 Å². The zero-order valence-corrected chi connectivity index (χ0v) is 11.9. The molecule has 0 aromatic rings. The van der Waals surface area contributed by atoms with Crippen molar-refractivity contribution >= 4 is 0 Å². The lowest BCUT2D eigenvalue weighted by Gasteiger charge is -2.08. The summed E-state index contributed by atoms with van der Waals surface area (Å²) >= 11 is 0. The summed E-state index contributed by atoms with van der Waals surface area (Å²) in [6, 6.07) is 0. The van der Waals surface area contributed by atoms with Gasteiger partial charge in [-0.3, -0.25) is 0 Å². The minimum Gasteiger partial charge on any atom is -0.344 e. The van der Waals surface area contributed by atoms with Gasteiger partial charge < -0.3 is 11.1 Å². The fraction of sp³-hybridized carbons (Fsp3) is 1.00. The van der Waals surface area contributed by atoms with Crippen LogP contribution < -0.4 is 6.15 Å². The normalized spacial score (nSPS) is 10.5. The van der Waals surface area contributed by atoms with E-state index in [-0.39, 0.29) is 6.15 Å². The molecule has 16 heavy (non-hydrogen) atoms. The van der Waals surface area contributed by atoms with E-state index in [1.807, 2.05) is 0 Å².